The van der Waals surface area contributed by atoms with Crippen LogP contribution in [0.25, 0.3) is 0 Å². The van der Waals surface area contributed by atoms with Crippen molar-refractivity contribution in [3.05, 3.63) is 71.3 Å². The van der Waals surface area contributed by atoms with E-state index in [4.69, 9.17) is 9.47 Å². The second-order valence-electron chi connectivity index (χ2n) is 14.7. The van der Waals surface area contributed by atoms with Gasteiger partial charge in [0.2, 0.25) is 0 Å². The van der Waals surface area contributed by atoms with Crippen LogP contribution >= 0.6 is 0 Å². The summed E-state index contributed by atoms with van der Waals surface area (Å²) in [6, 6.07) is 16.6. The minimum Gasteiger partial charge on any atom is -0.463 e. The third kappa shape index (κ3) is 5.69. The van der Waals surface area contributed by atoms with E-state index in [0.29, 0.717) is 28.4 Å². The highest BCUT2D eigenvalue weighted by Gasteiger charge is 2.61. The van der Waals surface area contributed by atoms with Gasteiger partial charge in [-0.15, -0.1) is 0 Å². The van der Waals surface area contributed by atoms with Crippen LogP contribution in [-0.4, -0.2) is 29.9 Å². The SMILES string of the molecule is CC(=O)O[C@@H](C)[C@H]1CC[C@H]2[C@@H]3CC[C@@H]4C[C@@H](OC(=O)Cc5ccc(C(=O)c6ccccc6)cc5)CC[C@@]4(C)[C@H]3CC[C@@]12C. The molecular formula is C38H48O5. The van der Waals surface area contributed by atoms with Gasteiger partial charge in [-0.1, -0.05) is 68.4 Å². The summed E-state index contributed by atoms with van der Waals surface area (Å²) in [7, 11) is 0. The fraction of sp³-hybridized carbons (Fsp3) is 0.605. The van der Waals surface area contributed by atoms with E-state index in [0.717, 1.165) is 42.6 Å². The summed E-state index contributed by atoms with van der Waals surface area (Å²) < 4.78 is 11.8. The molecule has 4 aliphatic carbocycles. The Kier molecular flexibility index (Phi) is 8.30. The van der Waals surface area contributed by atoms with Crippen LogP contribution in [0.5, 0.6) is 0 Å². The molecule has 0 bridgehead atoms. The molecule has 230 valence electrons. The maximum absolute atomic E-state index is 13.0. The smallest absolute Gasteiger partial charge is 0.310 e. The molecule has 4 fully saturated rings. The van der Waals surface area contributed by atoms with Crippen LogP contribution in [0.2, 0.25) is 0 Å². The highest BCUT2D eigenvalue weighted by atomic mass is 16.5. The Hall–Kier alpha value is -2.95. The Bertz CT molecular complexity index is 1330. The molecule has 0 aliphatic heterocycles. The third-order valence-corrected chi connectivity index (χ3v) is 12.5. The van der Waals surface area contributed by atoms with Crippen molar-refractivity contribution >= 4 is 17.7 Å². The lowest BCUT2D eigenvalue weighted by Crippen LogP contribution is -2.54. The first kappa shape index (κ1) is 30.1. The summed E-state index contributed by atoms with van der Waals surface area (Å²) in [5.41, 5.74) is 2.74. The minimum atomic E-state index is -0.170. The quantitative estimate of drug-likeness (QED) is 0.244. The van der Waals surface area contributed by atoms with Gasteiger partial charge in [0, 0.05) is 24.0 Å². The molecule has 0 radical (unpaired) electrons. The van der Waals surface area contributed by atoms with Crippen LogP contribution in [0.1, 0.15) is 107 Å². The van der Waals surface area contributed by atoms with Gasteiger partial charge in [0.15, 0.2) is 5.78 Å². The predicted molar refractivity (Wildman–Crippen MR) is 166 cm³/mol. The van der Waals surface area contributed by atoms with Gasteiger partial charge < -0.3 is 9.47 Å². The van der Waals surface area contributed by atoms with Crippen molar-refractivity contribution in [2.24, 2.45) is 40.4 Å². The van der Waals surface area contributed by atoms with Gasteiger partial charge in [0.25, 0.3) is 0 Å². The van der Waals surface area contributed by atoms with Crippen molar-refractivity contribution in [1.82, 2.24) is 0 Å². The Balaban J connectivity index is 1.04. The molecule has 2 aromatic carbocycles. The van der Waals surface area contributed by atoms with Crippen molar-refractivity contribution in [2.45, 2.75) is 104 Å². The van der Waals surface area contributed by atoms with Crippen LogP contribution in [-0.2, 0) is 25.5 Å². The summed E-state index contributed by atoms with van der Waals surface area (Å²) in [6.45, 7) is 8.67. The summed E-state index contributed by atoms with van der Waals surface area (Å²) in [5, 5.41) is 0. The summed E-state index contributed by atoms with van der Waals surface area (Å²) in [4.78, 5) is 37.4. The zero-order chi connectivity index (χ0) is 30.4. The number of carbonyl (C=O) groups is 3. The van der Waals surface area contributed by atoms with Gasteiger partial charge >= 0.3 is 11.9 Å². The summed E-state index contributed by atoms with van der Waals surface area (Å²) in [6.07, 6.45) is 10.7. The van der Waals surface area contributed by atoms with Gasteiger partial charge in [-0.2, -0.15) is 0 Å². The van der Waals surface area contributed by atoms with Gasteiger partial charge in [0.1, 0.15) is 12.2 Å². The highest BCUT2D eigenvalue weighted by Crippen LogP contribution is 2.68. The normalized spacial score (nSPS) is 35.5. The number of hydrogen-bond acceptors (Lipinski definition) is 5. The fourth-order valence-electron chi connectivity index (χ4n) is 10.4. The molecule has 5 nitrogen and oxygen atoms in total. The van der Waals surface area contributed by atoms with Crippen LogP contribution in [0.15, 0.2) is 54.6 Å². The van der Waals surface area contributed by atoms with Crippen LogP contribution < -0.4 is 0 Å². The predicted octanol–water partition coefficient (Wildman–Crippen LogP) is 7.98. The first-order chi connectivity index (χ1) is 20.6. The molecule has 0 unspecified atom stereocenters. The lowest BCUT2D eigenvalue weighted by molar-refractivity contribution is -0.165. The van der Waals surface area contributed by atoms with Gasteiger partial charge in [0.05, 0.1) is 6.42 Å². The molecule has 0 spiro atoms. The van der Waals surface area contributed by atoms with Crippen molar-refractivity contribution in [1.29, 1.82) is 0 Å². The number of ketones is 1. The molecule has 5 heteroatoms. The zero-order valence-corrected chi connectivity index (χ0v) is 26.3. The molecule has 6 rings (SSSR count). The largest absolute Gasteiger partial charge is 0.463 e. The van der Waals surface area contributed by atoms with Crippen molar-refractivity contribution < 1.29 is 23.9 Å². The average Bonchev–Trinajstić information content (AvgIpc) is 3.35. The van der Waals surface area contributed by atoms with Crippen molar-refractivity contribution in [3.63, 3.8) is 0 Å². The summed E-state index contributed by atoms with van der Waals surface area (Å²) >= 11 is 0. The van der Waals surface area contributed by atoms with E-state index in [-0.39, 0.29) is 41.8 Å². The van der Waals surface area contributed by atoms with E-state index in [2.05, 4.69) is 20.8 Å². The van der Waals surface area contributed by atoms with Gasteiger partial charge in [-0.3, -0.25) is 14.4 Å². The minimum absolute atomic E-state index is 0.00387. The molecular weight excluding hydrogens is 536 g/mol. The maximum atomic E-state index is 13.0. The Morgan fingerprint density at radius 1 is 0.814 bits per heavy atom. The Morgan fingerprint density at radius 2 is 1.49 bits per heavy atom. The maximum Gasteiger partial charge on any atom is 0.310 e. The van der Waals surface area contributed by atoms with E-state index in [1.807, 2.05) is 42.5 Å². The van der Waals surface area contributed by atoms with Gasteiger partial charge in [-0.05, 0) is 105 Å². The van der Waals surface area contributed by atoms with E-state index < -0.39 is 0 Å². The second-order valence-corrected chi connectivity index (χ2v) is 14.7. The molecule has 9 atom stereocenters. The monoisotopic (exact) mass is 584 g/mol. The number of fused-ring (bicyclic) bond motifs is 5. The Morgan fingerprint density at radius 3 is 2.21 bits per heavy atom. The molecule has 43 heavy (non-hydrogen) atoms. The zero-order valence-electron chi connectivity index (χ0n) is 26.3. The molecule has 0 aromatic heterocycles. The second kappa shape index (κ2) is 11.9. The molecule has 0 heterocycles. The number of hydrogen-bond donors (Lipinski definition) is 0. The molecule has 4 aliphatic rings. The molecule has 4 saturated carbocycles. The molecule has 2 aromatic rings. The van der Waals surface area contributed by atoms with Crippen LogP contribution in [0, 0.1) is 40.4 Å². The van der Waals surface area contributed by atoms with E-state index >= 15 is 0 Å². The molecule has 0 saturated heterocycles. The van der Waals surface area contributed by atoms with Crippen molar-refractivity contribution in [2.75, 3.05) is 0 Å². The lowest BCUT2D eigenvalue weighted by atomic mass is 9.44. The van der Waals surface area contributed by atoms with E-state index in [1.165, 1.54) is 45.4 Å². The average molecular weight is 585 g/mol. The van der Waals surface area contributed by atoms with Gasteiger partial charge in [-0.25, -0.2) is 0 Å². The third-order valence-electron chi connectivity index (χ3n) is 12.5. The standard InChI is InChI=1S/C38H48O5/c1-24(42-25(2)39)32-16-17-33-31-15-14-29-23-30(18-20-37(29,3)34(31)19-21-38(32,33)4)43-35(40)22-26-10-12-28(13-11-26)36(41)27-8-6-5-7-9-27/h5-13,24,29-34H,14-23H2,1-4H3/t24-,29+,30-,31-,32+,33-,34-,37+,38-/m0/s1. The number of rotatable bonds is 7. The number of carbonyl (C=O) groups excluding carboxylic acids is 3. The van der Waals surface area contributed by atoms with E-state index in [9.17, 15) is 14.4 Å². The number of benzene rings is 2. The van der Waals surface area contributed by atoms with Crippen LogP contribution in [0.4, 0.5) is 0 Å². The summed E-state index contributed by atoms with van der Waals surface area (Å²) in [5.74, 6) is 2.93. The fourth-order valence-corrected chi connectivity index (χ4v) is 10.4. The Labute approximate surface area is 257 Å². The lowest BCUT2D eigenvalue weighted by Gasteiger charge is -2.61. The van der Waals surface area contributed by atoms with Crippen LogP contribution in [0.3, 0.4) is 0 Å². The highest BCUT2D eigenvalue weighted by molar-refractivity contribution is 6.08. The molecule has 0 amide bonds. The number of esters is 2. The number of ether oxygens (including phenoxy) is 2. The molecule has 0 N–H and O–H groups in total. The first-order valence-electron chi connectivity index (χ1n) is 16.6. The van der Waals surface area contributed by atoms with E-state index in [1.54, 1.807) is 12.1 Å². The van der Waals surface area contributed by atoms with Crippen molar-refractivity contribution in [3.8, 4) is 0 Å². The topological polar surface area (TPSA) is 69.7 Å². The first-order valence-corrected chi connectivity index (χ1v) is 16.6.